The molecule has 2 aromatic rings. The molecule has 0 aliphatic carbocycles. The third-order valence-electron chi connectivity index (χ3n) is 4.47. The number of carboxylic acids is 1. The number of carboxylic acid groups (broad SMARTS) is 1. The Morgan fingerprint density at radius 2 is 1.64 bits per heavy atom. The Hall–Kier alpha value is -2.62. The van der Waals surface area contributed by atoms with Gasteiger partial charge in [-0.15, -0.1) is 0 Å². The minimum absolute atomic E-state index is 0.0479. The number of anilines is 1. The van der Waals surface area contributed by atoms with Gasteiger partial charge in [0.1, 0.15) is 0 Å². The zero-order chi connectivity index (χ0) is 18.4. The standard InChI is InChI=1S/C21H25NO3/c1-4-15(5-2)20(23)13-22-19-11-17(10-18(12-19)21(24)25)16-8-6-14(3)7-9-16/h6-12,15,22H,4-5,13H2,1-3H3,(H,24,25). The summed E-state index contributed by atoms with van der Waals surface area (Å²) in [6.07, 6.45) is 1.64. The number of Topliss-reactive ketones (excluding diaryl/α,β-unsaturated/α-hetero) is 1. The van der Waals surface area contributed by atoms with Crippen molar-refractivity contribution in [3.63, 3.8) is 0 Å². The minimum Gasteiger partial charge on any atom is -0.478 e. The van der Waals surface area contributed by atoms with Crippen molar-refractivity contribution in [3.05, 3.63) is 53.6 Å². The molecule has 0 fully saturated rings. The van der Waals surface area contributed by atoms with E-state index in [0.29, 0.717) is 5.69 Å². The van der Waals surface area contributed by atoms with Crippen molar-refractivity contribution >= 4 is 17.4 Å². The molecule has 25 heavy (non-hydrogen) atoms. The number of nitrogens with one attached hydrogen (secondary N) is 1. The van der Waals surface area contributed by atoms with E-state index in [0.717, 1.165) is 29.5 Å². The molecule has 0 aliphatic rings. The molecule has 0 unspecified atom stereocenters. The maximum atomic E-state index is 12.2. The summed E-state index contributed by atoms with van der Waals surface area (Å²) in [5.74, 6) is -0.780. The molecular formula is C21H25NO3. The van der Waals surface area contributed by atoms with Crippen LogP contribution in [-0.4, -0.2) is 23.4 Å². The van der Waals surface area contributed by atoms with Crippen LogP contribution >= 0.6 is 0 Å². The number of carbonyl (C=O) groups is 2. The Bertz CT molecular complexity index is 746. The highest BCUT2D eigenvalue weighted by Crippen LogP contribution is 2.25. The number of aryl methyl sites for hydroxylation is 1. The average Bonchev–Trinajstić information content (AvgIpc) is 2.61. The van der Waals surface area contributed by atoms with Crippen molar-refractivity contribution in [2.75, 3.05) is 11.9 Å². The lowest BCUT2D eigenvalue weighted by atomic mass is 9.98. The highest BCUT2D eigenvalue weighted by Gasteiger charge is 2.14. The number of hydrogen-bond acceptors (Lipinski definition) is 3. The van der Waals surface area contributed by atoms with Gasteiger partial charge < -0.3 is 10.4 Å². The first-order valence-corrected chi connectivity index (χ1v) is 8.66. The first kappa shape index (κ1) is 18.7. The molecule has 132 valence electrons. The molecule has 0 amide bonds. The summed E-state index contributed by atoms with van der Waals surface area (Å²) in [5.41, 5.74) is 3.76. The molecule has 0 spiro atoms. The van der Waals surface area contributed by atoms with Crippen molar-refractivity contribution in [1.29, 1.82) is 0 Å². The van der Waals surface area contributed by atoms with Gasteiger partial charge in [-0.05, 0) is 49.1 Å². The van der Waals surface area contributed by atoms with Crippen LogP contribution in [0.5, 0.6) is 0 Å². The molecule has 2 aromatic carbocycles. The lowest BCUT2D eigenvalue weighted by molar-refractivity contribution is -0.121. The fraction of sp³-hybridized carbons (Fsp3) is 0.333. The summed E-state index contributed by atoms with van der Waals surface area (Å²) in [6, 6.07) is 13.0. The lowest BCUT2D eigenvalue weighted by Gasteiger charge is -2.14. The maximum Gasteiger partial charge on any atom is 0.335 e. The second kappa shape index (κ2) is 8.47. The number of rotatable bonds is 8. The summed E-state index contributed by atoms with van der Waals surface area (Å²) in [6.45, 7) is 6.23. The Morgan fingerprint density at radius 1 is 1.00 bits per heavy atom. The van der Waals surface area contributed by atoms with E-state index in [1.165, 1.54) is 0 Å². The Labute approximate surface area is 148 Å². The van der Waals surface area contributed by atoms with E-state index < -0.39 is 5.97 Å². The second-order valence-electron chi connectivity index (χ2n) is 6.30. The maximum absolute atomic E-state index is 12.2. The van der Waals surface area contributed by atoms with Gasteiger partial charge in [-0.1, -0.05) is 43.7 Å². The summed E-state index contributed by atoms with van der Waals surface area (Å²) < 4.78 is 0. The van der Waals surface area contributed by atoms with Gasteiger partial charge in [-0.25, -0.2) is 4.79 Å². The molecule has 0 radical (unpaired) electrons. The predicted molar refractivity (Wildman–Crippen MR) is 101 cm³/mol. The number of ketones is 1. The van der Waals surface area contributed by atoms with Crippen molar-refractivity contribution in [1.82, 2.24) is 0 Å². The van der Waals surface area contributed by atoms with Gasteiger partial charge in [0.2, 0.25) is 0 Å². The largest absolute Gasteiger partial charge is 0.478 e. The van der Waals surface area contributed by atoms with Crippen LogP contribution in [0.1, 0.15) is 42.6 Å². The molecule has 2 N–H and O–H groups in total. The second-order valence-corrected chi connectivity index (χ2v) is 6.30. The van der Waals surface area contributed by atoms with E-state index in [2.05, 4.69) is 5.32 Å². The van der Waals surface area contributed by atoms with Crippen LogP contribution in [0.3, 0.4) is 0 Å². The molecule has 0 bridgehead atoms. The smallest absolute Gasteiger partial charge is 0.335 e. The van der Waals surface area contributed by atoms with Crippen molar-refractivity contribution < 1.29 is 14.7 Å². The number of carbonyl (C=O) groups excluding carboxylic acids is 1. The molecule has 0 saturated carbocycles. The summed E-state index contributed by atoms with van der Waals surface area (Å²) in [7, 11) is 0. The topological polar surface area (TPSA) is 66.4 Å². The van der Waals surface area contributed by atoms with Gasteiger partial charge in [0.25, 0.3) is 0 Å². The normalized spacial score (nSPS) is 10.7. The molecule has 0 aliphatic heterocycles. The van der Waals surface area contributed by atoms with Crippen molar-refractivity contribution in [3.8, 4) is 11.1 Å². The van der Waals surface area contributed by atoms with Gasteiger partial charge in [0, 0.05) is 11.6 Å². The van der Waals surface area contributed by atoms with E-state index in [-0.39, 0.29) is 23.8 Å². The number of aromatic carboxylic acids is 1. The molecule has 0 aromatic heterocycles. The van der Waals surface area contributed by atoms with Crippen LogP contribution in [0.2, 0.25) is 0 Å². The van der Waals surface area contributed by atoms with E-state index in [1.807, 2.05) is 51.1 Å². The monoisotopic (exact) mass is 339 g/mol. The van der Waals surface area contributed by atoms with Crippen LogP contribution in [0.4, 0.5) is 5.69 Å². The van der Waals surface area contributed by atoms with Gasteiger partial charge in [-0.3, -0.25) is 4.79 Å². The molecule has 0 saturated heterocycles. The Kier molecular flexibility index (Phi) is 6.34. The van der Waals surface area contributed by atoms with Crippen molar-refractivity contribution in [2.45, 2.75) is 33.6 Å². The highest BCUT2D eigenvalue weighted by atomic mass is 16.4. The van der Waals surface area contributed by atoms with E-state index >= 15 is 0 Å². The van der Waals surface area contributed by atoms with Crippen LogP contribution in [0, 0.1) is 12.8 Å². The van der Waals surface area contributed by atoms with Crippen LogP contribution in [-0.2, 0) is 4.79 Å². The first-order valence-electron chi connectivity index (χ1n) is 8.66. The Balaban J connectivity index is 2.27. The van der Waals surface area contributed by atoms with Crippen LogP contribution in [0.15, 0.2) is 42.5 Å². The third kappa shape index (κ3) is 4.92. The Morgan fingerprint density at radius 3 is 2.20 bits per heavy atom. The summed E-state index contributed by atoms with van der Waals surface area (Å²) >= 11 is 0. The van der Waals surface area contributed by atoms with E-state index in [1.54, 1.807) is 12.1 Å². The molecule has 0 heterocycles. The molecule has 2 rings (SSSR count). The van der Waals surface area contributed by atoms with Crippen LogP contribution in [0.25, 0.3) is 11.1 Å². The van der Waals surface area contributed by atoms with Crippen LogP contribution < -0.4 is 5.32 Å². The average molecular weight is 339 g/mol. The van der Waals surface area contributed by atoms with Gasteiger partial charge in [0.15, 0.2) is 5.78 Å². The fourth-order valence-corrected chi connectivity index (χ4v) is 2.84. The van der Waals surface area contributed by atoms with Crippen molar-refractivity contribution in [2.24, 2.45) is 5.92 Å². The highest BCUT2D eigenvalue weighted by molar-refractivity contribution is 5.92. The van der Waals surface area contributed by atoms with E-state index in [4.69, 9.17) is 0 Å². The summed E-state index contributed by atoms with van der Waals surface area (Å²) in [4.78, 5) is 23.6. The number of benzene rings is 2. The molecule has 0 atom stereocenters. The van der Waals surface area contributed by atoms with Gasteiger partial charge in [-0.2, -0.15) is 0 Å². The molecule has 4 nitrogen and oxygen atoms in total. The zero-order valence-corrected chi connectivity index (χ0v) is 15.0. The third-order valence-corrected chi connectivity index (χ3v) is 4.47. The first-order chi connectivity index (χ1) is 11.9. The van der Waals surface area contributed by atoms with Gasteiger partial charge in [0.05, 0.1) is 12.1 Å². The lowest BCUT2D eigenvalue weighted by Crippen LogP contribution is -2.22. The quantitative estimate of drug-likeness (QED) is 0.726. The minimum atomic E-state index is -0.983. The molecular weight excluding hydrogens is 314 g/mol. The SMILES string of the molecule is CCC(CC)C(=O)CNc1cc(C(=O)O)cc(-c2ccc(C)cc2)c1. The summed E-state index contributed by atoms with van der Waals surface area (Å²) in [5, 5.41) is 12.5. The fourth-order valence-electron chi connectivity index (χ4n) is 2.84. The zero-order valence-electron chi connectivity index (χ0n) is 15.0. The number of hydrogen-bond donors (Lipinski definition) is 2. The van der Waals surface area contributed by atoms with Gasteiger partial charge >= 0.3 is 5.97 Å². The van der Waals surface area contributed by atoms with E-state index in [9.17, 15) is 14.7 Å². The predicted octanol–water partition coefficient (Wildman–Crippen LogP) is 4.78. The molecule has 4 heteroatoms.